The Morgan fingerprint density at radius 2 is 2.00 bits per heavy atom. The maximum atomic E-state index is 11.3. The Morgan fingerprint density at radius 3 is 2.33 bits per heavy atom. The van der Waals surface area contributed by atoms with Crippen molar-refractivity contribution in [2.24, 2.45) is 5.92 Å². The van der Waals surface area contributed by atoms with E-state index in [0.29, 0.717) is 6.61 Å². The fourth-order valence-electron chi connectivity index (χ4n) is 1.06. The van der Waals surface area contributed by atoms with E-state index in [2.05, 4.69) is 0 Å². The van der Waals surface area contributed by atoms with Gasteiger partial charge in [-0.15, -0.1) is 0 Å². The van der Waals surface area contributed by atoms with E-state index in [1.54, 1.807) is 7.11 Å². The molecule has 0 spiro atoms. The summed E-state index contributed by atoms with van der Waals surface area (Å²) in [5, 5.41) is 0. The Kier molecular flexibility index (Phi) is 5.93. The minimum atomic E-state index is -0.323. The molecule has 0 radical (unpaired) electrons. The van der Waals surface area contributed by atoms with Crippen molar-refractivity contribution < 1.29 is 14.3 Å². The molecular weight excluding hydrogens is 156 g/mol. The predicted octanol–water partition coefficient (Wildman–Crippen LogP) is 1.26. The predicted molar refractivity (Wildman–Crippen MR) is 47.1 cm³/mol. The molecule has 0 bridgehead atoms. The van der Waals surface area contributed by atoms with Crippen molar-refractivity contribution in [3.05, 3.63) is 0 Å². The lowest BCUT2D eigenvalue weighted by Crippen LogP contribution is -2.31. The van der Waals surface area contributed by atoms with E-state index in [4.69, 9.17) is 9.47 Å². The van der Waals surface area contributed by atoms with E-state index in [0.717, 1.165) is 0 Å². The third-order valence-electron chi connectivity index (χ3n) is 1.63. The van der Waals surface area contributed by atoms with Gasteiger partial charge in [0.05, 0.1) is 0 Å². The van der Waals surface area contributed by atoms with Gasteiger partial charge in [-0.05, 0) is 12.8 Å². The van der Waals surface area contributed by atoms with Crippen LogP contribution in [0.15, 0.2) is 0 Å². The number of rotatable bonds is 6. The van der Waals surface area contributed by atoms with Crippen molar-refractivity contribution in [1.82, 2.24) is 0 Å². The van der Waals surface area contributed by atoms with Gasteiger partial charge in [0.15, 0.2) is 5.78 Å². The number of ether oxygens (including phenoxy) is 2. The highest BCUT2D eigenvalue weighted by molar-refractivity contribution is 5.84. The van der Waals surface area contributed by atoms with E-state index in [-0.39, 0.29) is 24.4 Å². The van der Waals surface area contributed by atoms with Gasteiger partial charge < -0.3 is 9.47 Å². The number of hydrogen-bond acceptors (Lipinski definition) is 3. The molecule has 0 aliphatic heterocycles. The Hall–Kier alpha value is -0.410. The second kappa shape index (κ2) is 6.14. The van der Waals surface area contributed by atoms with Crippen LogP contribution in [0.4, 0.5) is 0 Å². The monoisotopic (exact) mass is 174 g/mol. The zero-order chi connectivity index (χ0) is 9.56. The number of hydrogen-bond donors (Lipinski definition) is 0. The van der Waals surface area contributed by atoms with E-state index in [1.807, 2.05) is 20.8 Å². The first-order valence-electron chi connectivity index (χ1n) is 4.26. The maximum absolute atomic E-state index is 11.3. The standard InChI is InChI=1S/C9H18O3/c1-5-12-6-8(10)9(11-4)7(2)3/h7,9H,5-6H2,1-4H3. The minimum Gasteiger partial charge on any atom is -0.374 e. The zero-order valence-corrected chi connectivity index (χ0v) is 8.29. The molecule has 72 valence electrons. The molecule has 0 saturated heterocycles. The minimum absolute atomic E-state index is 0.0225. The molecule has 0 rings (SSSR count). The van der Waals surface area contributed by atoms with E-state index >= 15 is 0 Å². The Morgan fingerprint density at radius 1 is 1.42 bits per heavy atom. The smallest absolute Gasteiger partial charge is 0.187 e. The lowest BCUT2D eigenvalue weighted by Gasteiger charge is -2.17. The first kappa shape index (κ1) is 11.6. The molecule has 3 heteroatoms. The first-order valence-corrected chi connectivity index (χ1v) is 4.26. The summed E-state index contributed by atoms with van der Waals surface area (Å²) in [5.74, 6) is 0.234. The molecule has 0 amide bonds. The molecule has 0 N–H and O–H groups in total. The van der Waals surface area contributed by atoms with Crippen LogP contribution in [-0.2, 0) is 14.3 Å². The van der Waals surface area contributed by atoms with Crippen molar-refractivity contribution >= 4 is 5.78 Å². The van der Waals surface area contributed by atoms with Crippen LogP contribution >= 0.6 is 0 Å². The Bertz CT molecular complexity index is 132. The molecular formula is C9H18O3. The molecule has 12 heavy (non-hydrogen) atoms. The summed E-state index contributed by atoms with van der Waals surface area (Å²) in [6.07, 6.45) is -0.323. The van der Waals surface area contributed by atoms with Gasteiger partial charge in [-0.2, -0.15) is 0 Å². The lowest BCUT2D eigenvalue weighted by atomic mass is 10.0. The highest BCUT2D eigenvalue weighted by atomic mass is 16.5. The molecule has 0 aliphatic carbocycles. The summed E-state index contributed by atoms with van der Waals surface area (Å²) in [4.78, 5) is 11.3. The summed E-state index contributed by atoms with van der Waals surface area (Å²) in [5.41, 5.74) is 0. The van der Waals surface area contributed by atoms with Crippen LogP contribution in [0, 0.1) is 5.92 Å². The van der Waals surface area contributed by atoms with Gasteiger partial charge in [0.25, 0.3) is 0 Å². The molecule has 0 saturated carbocycles. The molecule has 0 aromatic rings. The van der Waals surface area contributed by atoms with Gasteiger partial charge in [-0.25, -0.2) is 0 Å². The molecule has 0 aliphatic rings. The fraction of sp³-hybridized carbons (Fsp3) is 0.889. The van der Waals surface area contributed by atoms with Crippen LogP contribution in [0.3, 0.4) is 0 Å². The average Bonchev–Trinajstić information content (AvgIpc) is 2.01. The molecule has 0 heterocycles. The van der Waals surface area contributed by atoms with Gasteiger partial charge in [-0.1, -0.05) is 13.8 Å². The third-order valence-corrected chi connectivity index (χ3v) is 1.63. The van der Waals surface area contributed by atoms with Crippen LogP contribution < -0.4 is 0 Å². The summed E-state index contributed by atoms with van der Waals surface area (Å²) in [6.45, 7) is 6.51. The highest BCUT2D eigenvalue weighted by Crippen LogP contribution is 2.06. The summed E-state index contributed by atoms with van der Waals surface area (Å²) in [7, 11) is 1.55. The molecule has 1 unspecified atom stereocenters. The van der Waals surface area contributed by atoms with E-state index in [1.165, 1.54) is 0 Å². The Labute approximate surface area is 74.0 Å². The SMILES string of the molecule is CCOCC(=O)C(OC)C(C)C. The normalized spacial score (nSPS) is 13.4. The van der Waals surface area contributed by atoms with E-state index < -0.39 is 0 Å². The van der Waals surface area contributed by atoms with Crippen molar-refractivity contribution in [2.45, 2.75) is 26.9 Å². The summed E-state index contributed by atoms with van der Waals surface area (Å²) < 4.78 is 10.0. The third kappa shape index (κ3) is 3.83. The van der Waals surface area contributed by atoms with Gasteiger partial charge in [0, 0.05) is 13.7 Å². The van der Waals surface area contributed by atoms with Crippen molar-refractivity contribution in [3.63, 3.8) is 0 Å². The van der Waals surface area contributed by atoms with Gasteiger partial charge >= 0.3 is 0 Å². The number of ketones is 1. The first-order chi connectivity index (χ1) is 5.63. The van der Waals surface area contributed by atoms with Crippen LogP contribution in [0.5, 0.6) is 0 Å². The summed E-state index contributed by atoms with van der Waals surface area (Å²) >= 11 is 0. The van der Waals surface area contributed by atoms with Crippen LogP contribution in [0.2, 0.25) is 0 Å². The largest absolute Gasteiger partial charge is 0.374 e. The number of carbonyl (C=O) groups excluding carboxylic acids is 1. The van der Waals surface area contributed by atoms with Crippen LogP contribution in [0.1, 0.15) is 20.8 Å². The number of Topliss-reactive ketones (excluding diaryl/α,β-unsaturated/α-hetero) is 1. The van der Waals surface area contributed by atoms with E-state index in [9.17, 15) is 4.79 Å². The van der Waals surface area contributed by atoms with Crippen LogP contribution in [-0.4, -0.2) is 32.2 Å². The number of carbonyl (C=O) groups is 1. The molecule has 0 aromatic carbocycles. The maximum Gasteiger partial charge on any atom is 0.187 e. The topological polar surface area (TPSA) is 35.5 Å². The second-order valence-corrected chi connectivity index (χ2v) is 3.00. The van der Waals surface area contributed by atoms with Crippen molar-refractivity contribution in [2.75, 3.05) is 20.3 Å². The fourth-order valence-corrected chi connectivity index (χ4v) is 1.06. The zero-order valence-electron chi connectivity index (χ0n) is 8.29. The van der Waals surface area contributed by atoms with Gasteiger partial charge in [0.1, 0.15) is 12.7 Å². The number of methoxy groups -OCH3 is 1. The molecule has 0 fully saturated rings. The second-order valence-electron chi connectivity index (χ2n) is 3.00. The van der Waals surface area contributed by atoms with Crippen LogP contribution in [0.25, 0.3) is 0 Å². The van der Waals surface area contributed by atoms with Crippen molar-refractivity contribution in [3.8, 4) is 0 Å². The molecule has 0 aromatic heterocycles. The van der Waals surface area contributed by atoms with Gasteiger partial charge in [0.2, 0.25) is 0 Å². The van der Waals surface area contributed by atoms with Crippen molar-refractivity contribution in [1.29, 1.82) is 0 Å². The highest BCUT2D eigenvalue weighted by Gasteiger charge is 2.20. The molecule has 1 atom stereocenters. The average molecular weight is 174 g/mol. The van der Waals surface area contributed by atoms with Gasteiger partial charge in [-0.3, -0.25) is 4.79 Å². The lowest BCUT2D eigenvalue weighted by molar-refractivity contribution is -0.135. The summed E-state index contributed by atoms with van der Waals surface area (Å²) in [6, 6.07) is 0. The Balaban J connectivity index is 3.86. The molecule has 3 nitrogen and oxygen atoms in total. The quantitative estimate of drug-likeness (QED) is 0.608.